The minimum absolute atomic E-state index is 0.0594. The van der Waals surface area contributed by atoms with Gasteiger partial charge in [-0.2, -0.15) is 0 Å². The van der Waals surface area contributed by atoms with Crippen molar-refractivity contribution in [2.24, 2.45) is 0 Å². The van der Waals surface area contributed by atoms with Gasteiger partial charge in [0.05, 0.1) is 4.92 Å². The minimum atomic E-state index is -0.964. The molecule has 0 aliphatic rings. The van der Waals surface area contributed by atoms with Crippen LogP contribution in [0.4, 0.5) is 5.69 Å². The first-order valence-electron chi connectivity index (χ1n) is 6.09. The Morgan fingerprint density at radius 2 is 2.05 bits per heavy atom. The van der Waals surface area contributed by atoms with Crippen molar-refractivity contribution in [2.75, 3.05) is 0 Å². The van der Waals surface area contributed by atoms with Crippen molar-refractivity contribution in [3.63, 3.8) is 0 Å². The van der Waals surface area contributed by atoms with Crippen molar-refractivity contribution in [2.45, 2.75) is 20.5 Å². The molecule has 0 atom stereocenters. The average molecular weight is 307 g/mol. The zero-order valence-electron chi connectivity index (χ0n) is 11.5. The summed E-state index contributed by atoms with van der Waals surface area (Å²) in [5.41, 5.74) is 1.25. The maximum absolute atomic E-state index is 10.8. The highest BCUT2D eigenvalue weighted by Gasteiger charge is 2.14. The van der Waals surface area contributed by atoms with Crippen LogP contribution in [0.2, 0.25) is 0 Å². The van der Waals surface area contributed by atoms with Crippen LogP contribution in [0.15, 0.2) is 24.3 Å². The summed E-state index contributed by atoms with van der Waals surface area (Å²) in [6, 6.07) is 6.32. The number of carbonyl (C=O) groups is 1. The lowest BCUT2D eigenvalue weighted by Gasteiger charge is -2.09. The maximum atomic E-state index is 10.8. The number of carboxylic acids is 1. The third kappa shape index (κ3) is 3.38. The van der Waals surface area contributed by atoms with Crippen molar-refractivity contribution >= 4 is 23.0 Å². The molecule has 0 bridgehead atoms. The van der Waals surface area contributed by atoms with Crippen LogP contribution in [-0.4, -0.2) is 16.0 Å². The predicted molar refractivity (Wildman–Crippen MR) is 78.2 cm³/mol. The van der Waals surface area contributed by atoms with Crippen LogP contribution < -0.4 is 4.74 Å². The summed E-state index contributed by atoms with van der Waals surface area (Å²) in [5, 5.41) is 19.7. The molecule has 2 rings (SSSR count). The molecule has 0 unspecified atom stereocenters. The number of nitro benzene ring substituents is 1. The van der Waals surface area contributed by atoms with Gasteiger partial charge in [0.15, 0.2) is 0 Å². The summed E-state index contributed by atoms with van der Waals surface area (Å²) in [4.78, 5) is 22.2. The molecular weight excluding hydrogens is 294 g/mol. The number of carboxylic acid groups (broad SMARTS) is 1. The Kier molecular flexibility index (Phi) is 4.23. The van der Waals surface area contributed by atoms with Crippen LogP contribution in [0.25, 0.3) is 0 Å². The second kappa shape index (κ2) is 5.92. The third-order valence-corrected chi connectivity index (χ3v) is 3.98. The number of ether oxygens (including phenoxy) is 1. The number of thiophene rings is 1. The standard InChI is InChI=1S/C14H13NO5S/c1-8-6-12(9(2)5-11(8)15(18)19)20-7-10-3-4-13(21-10)14(16)17/h3-6H,7H2,1-2H3,(H,16,17). The van der Waals surface area contributed by atoms with E-state index < -0.39 is 10.9 Å². The highest BCUT2D eigenvalue weighted by atomic mass is 32.1. The molecule has 1 aromatic heterocycles. The van der Waals surface area contributed by atoms with Gasteiger partial charge in [0.2, 0.25) is 0 Å². The molecule has 1 aromatic carbocycles. The number of nitro groups is 1. The largest absolute Gasteiger partial charge is 0.488 e. The number of benzene rings is 1. The Balaban J connectivity index is 2.14. The number of aromatic carboxylic acids is 1. The van der Waals surface area contributed by atoms with E-state index in [9.17, 15) is 14.9 Å². The van der Waals surface area contributed by atoms with Crippen LogP contribution in [0.5, 0.6) is 5.75 Å². The highest BCUT2D eigenvalue weighted by Crippen LogP contribution is 2.28. The molecule has 0 amide bonds. The van der Waals surface area contributed by atoms with Gasteiger partial charge in [-0.15, -0.1) is 11.3 Å². The highest BCUT2D eigenvalue weighted by molar-refractivity contribution is 7.13. The Bertz CT molecular complexity index is 707. The molecule has 6 nitrogen and oxygen atoms in total. The summed E-state index contributed by atoms with van der Waals surface area (Å²) < 4.78 is 5.63. The van der Waals surface area contributed by atoms with Gasteiger partial charge >= 0.3 is 5.97 Å². The van der Waals surface area contributed by atoms with E-state index in [1.54, 1.807) is 26.0 Å². The summed E-state index contributed by atoms with van der Waals surface area (Å²) in [5.74, 6) is -0.406. The summed E-state index contributed by atoms with van der Waals surface area (Å²) in [6.07, 6.45) is 0. The van der Waals surface area contributed by atoms with Crippen molar-refractivity contribution < 1.29 is 19.6 Å². The van der Waals surface area contributed by atoms with E-state index in [1.807, 2.05) is 0 Å². The van der Waals surface area contributed by atoms with Gasteiger partial charge in [-0.25, -0.2) is 4.79 Å². The van der Waals surface area contributed by atoms with E-state index in [2.05, 4.69) is 0 Å². The van der Waals surface area contributed by atoms with E-state index in [0.29, 0.717) is 16.9 Å². The molecule has 0 aliphatic heterocycles. The van der Waals surface area contributed by atoms with Crippen molar-refractivity contribution in [3.05, 3.63) is 55.3 Å². The van der Waals surface area contributed by atoms with Crippen LogP contribution in [0.1, 0.15) is 25.7 Å². The van der Waals surface area contributed by atoms with Gasteiger partial charge in [0.1, 0.15) is 17.2 Å². The van der Waals surface area contributed by atoms with Gasteiger partial charge in [0, 0.05) is 16.5 Å². The lowest BCUT2D eigenvalue weighted by atomic mass is 10.1. The molecule has 0 saturated heterocycles. The molecule has 110 valence electrons. The van der Waals surface area contributed by atoms with E-state index in [1.165, 1.54) is 12.1 Å². The number of nitrogens with zero attached hydrogens (tertiary/aromatic N) is 1. The van der Waals surface area contributed by atoms with Gasteiger partial charge < -0.3 is 9.84 Å². The maximum Gasteiger partial charge on any atom is 0.345 e. The Morgan fingerprint density at radius 1 is 1.33 bits per heavy atom. The molecule has 7 heteroatoms. The van der Waals surface area contributed by atoms with Crippen molar-refractivity contribution in [1.82, 2.24) is 0 Å². The lowest BCUT2D eigenvalue weighted by molar-refractivity contribution is -0.385. The second-order valence-electron chi connectivity index (χ2n) is 4.52. The number of aryl methyl sites for hydroxylation is 2. The van der Waals surface area contributed by atoms with Gasteiger partial charge in [-0.3, -0.25) is 10.1 Å². The average Bonchev–Trinajstić information content (AvgIpc) is 2.88. The second-order valence-corrected chi connectivity index (χ2v) is 5.69. The monoisotopic (exact) mass is 307 g/mol. The molecule has 1 heterocycles. The van der Waals surface area contributed by atoms with Gasteiger partial charge in [0.25, 0.3) is 5.69 Å². The molecule has 1 N–H and O–H groups in total. The molecule has 2 aromatic rings. The first-order valence-corrected chi connectivity index (χ1v) is 6.90. The smallest absolute Gasteiger partial charge is 0.345 e. The molecule has 0 aliphatic carbocycles. The quantitative estimate of drug-likeness (QED) is 0.674. The molecule has 0 saturated carbocycles. The Labute approximate surface area is 124 Å². The van der Waals surface area contributed by atoms with Crippen LogP contribution in [-0.2, 0) is 6.61 Å². The SMILES string of the molecule is Cc1cc([N+](=O)[O-])c(C)cc1OCc1ccc(C(=O)O)s1. The first kappa shape index (κ1) is 15.0. The van der Waals surface area contributed by atoms with Crippen LogP contribution in [0.3, 0.4) is 0 Å². The zero-order valence-corrected chi connectivity index (χ0v) is 12.3. The van der Waals surface area contributed by atoms with E-state index >= 15 is 0 Å². The zero-order chi connectivity index (χ0) is 15.6. The van der Waals surface area contributed by atoms with Crippen molar-refractivity contribution in [3.8, 4) is 5.75 Å². The third-order valence-electron chi connectivity index (χ3n) is 2.93. The number of rotatable bonds is 5. The molecule has 21 heavy (non-hydrogen) atoms. The molecular formula is C14H13NO5S. The van der Waals surface area contributed by atoms with E-state index in [0.717, 1.165) is 16.2 Å². The minimum Gasteiger partial charge on any atom is -0.488 e. The van der Waals surface area contributed by atoms with Crippen LogP contribution in [0, 0.1) is 24.0 Å². The number of hydrogen-bond acceptors (Lipinski definition) is 5. The van der Waals surface area contributed by atoms with Gasteiger partial charge in [-0.05, 0) is 37.6 Å². The first-order chi connectivity index (χ1) is 9.88. The fourth-order valence-electron chi connectivity index (χ4n) is 1.85. The fraction of sp³-hybridized carbons (Fsp3) is 0.214. The topological polar surface area (TPSA) is 89.7 Å². The molecule has 0 spiro atoms. The van der Waals surface area contributed by atoms with Gasteiger partial charge in [-0.1, -0.05) is 0 Å². The summed E-state index contributed by atoms with van der Waals surface area (Å²) >= 11 is 1.15. The normalized spacial score (nSPS) is 10.4. The van der Waals surface area contributed by atoms with E-state index in [4.69, 9.17) is 9.84 Å². The number of hydrogen-bond donors (Lipinski definition) is 1. The Morgan fingerprint density at radius 3 is 2.62 bits per heavy atom. The molecule has 0 fully saturated rings. The molecule has 0 radical (unpaired) electrons. The van der Waals surface area contributed by atoms with E-state index in [-0.39, 0.29) is 17.2 Å². The predicted octanol–water partition coefficient (Wildman–Crippen LogP) is 3.55. The fourth-order valence-corrected chi connectivity index (χ4v) is 2.61. The summed E-state index contributed by atoms with van der Waals surface area (Å²) in [6.45, 7) is 3.62. The Hall–Kier alpha value is -2.41. The lowest BCUT2D eigenvalue weighted by Crippen LogP contribution is -1.98. The van der Waals surface area contributed by atoms with Crippen molar-refractivity contribution in [1.29, 1.82) is 0 Å². The summed E-state index contributed by atoms with van der Waals surface area (Å²) in [7, 11) is 0. The van der Waals surface area contributed by atoms with Crippen LogP contribution >= 0.6 is 11.3 Å².